The van der Waals surface area contributed by atoms with Gasteiger partial charge in [-0.2, -0.15) is 0 Å². The highest BCUT2D eigenvalue weighted by atomic mass is 16.5. The Bertz CT molecular complexity index is 607. The van der Waals surface area contributed by atoms with E-state index in [9.17, 15) is 4.79 Å². The molecule has 6 nitrogen and oxygen atoms in total. The van der Waals surface area contributed by atoms with Crippen molar-refractivity contribution >= 4 is 5.91 Å². The zero-order chi connectivity index (χ0) is 16.8. The van der Waals surface area contributed by atoms with Crippen LogP contribution in [0.3, 0.4) is 0 Å². The molecule has 0 spiro atoms. The number of aromatic nitrogens is 1. The fraction of sp³-hybridized carbons (Fsp3) is 0.412. The van der Waals surface area contributed by atoms with Gasteiger partial charge in [0.25, 0.3) is 5.91 Å². The molecule has 0 unspecified atom stereocenters. The van der Waals surface area contributed by atoms with Gasteiger partial charge in [-0.1, -0.05) is 0 Å². The topological polar surface area (TPSA) is 67.6 Å². The van der Waals surface area contributed by atoms with E-state index in [1.807, 2.05) is 45.0 Å². The van der Waals surface area contributed by atoms with Crippen molar-refractivity contribution in [2.45, 2.75) is 26.0 Å². The van der Waals surface area contributed by atoms with E-state index in [0.717, 1.165) is 5.76 Å². The molecular weight excluding hydrogens is 294 g/mol. The minimum atomic E-state index is -0.174. The van der Waals surface area contributed by atoms with Crippen molar-refractivity contribution in [2.75, 3.05) is 20.6 Å². The standard InChI is InChI=1S/C17H23N3O3/c1-12(2)23-16-8-7-13(10-18-16)17(21)19-11-14(20(3)4)15-6-5-9-22-15/h5-10,12,14H,11H2,1-4H3,(H,19,21)/t14-/m0/s1. The van der Waals surface area contributed by atoms with Gasteiger partial charge in [0.15, 0.2) is 0 Å². The number of hydrogen-bond acceptors (Lipinski definition) is 5. The minimum Gasteiger partial charge on any atom is -0.475 e. The van der Waals surface area contributed by atoms with E-state index in [1.165, 1.54) is 6.20 Å². The normalized spacial score (nSPS) is 12.4. The van der Waals surface area contributed by atoms with E-state index in [4.69, 9.17) is 9.15 Å². The molecule has 0 bridgehead atoms. The first-order valence-corrected chi connectivity index (χ1v) is 7.58. The maximum absolute atomic E-state index is 12.2. The second-order valence-corrected chi connectivity index (χ2v) is 5.76. The molecule has 124 valence electrons. The van der Waals surface area contributed by atoms with Gasteiger partial charge in [-0.3, -0.25) is 9.69 Å². The third kappa shape index (κ3) is 4.82. The molecule has 1 atom stereocenters. The second-order valence-electron chi connectivity index (χ2n) is 5.76. The second kappa shape index (κ2) is 7.78. The van der Waals surface area contributed by atoms with E-state index in [1.54, 1.807) is 18.4 Å². The van der Waals surface area contributed by atoms with Crippen LogP contribution in [0, 0.1) is 0 Å². The quantitative estimate of drug-likeness (QED) is 0.850. The number of nitrogens with one attached hydrogen (secondary N) is 1. The number of carbonyl (C=O) groups is 1. The highest BCUT2D eigenvalue weighted by molar-refractivity contribution is 5.93. The van der Waals surface area contributed by atoms with Crippen LogP contribution in [-0.2, 0) is 0 Å². The molecule has 2 heterocycles. The molecule has 2 rings (SSSR count). The fourth-order valence-electron chi connectivity index (χ4n) is 2.14. The van der Waals surface area contributed by atoms with Gasteiger partial charge in [0.05, 0.1) is 24.0 Å². The van der Waals surface area contributed by atoms with Crippen LogP contribution in [0.25, 0.3) is 0 Å². The van der Waals surface area contributed by atoms with E-state index in [2.05, 4.69) is 10.3 Å². The molecular formula is C17H23N3O3. The van der Waals surface area contributed by atoms with Gasteiger partial charge < -0.3 is 14.5 Å². The number of likely N-dealkylation sites (N-methyl/N-ethyl adjacent to an activating group) is 1. The van der Waals surface area contributed by atoms with Crippen molar-refractivity contribution in [1.29, 1.82) is 0 Å². The lowest BCUT2D eigenvalue weighted by Crippen LogP contribution is -2.34. The first-order chi connectivity index (χ1) is 11.0. The average Bonchev–Trinajstić information content (AvgIpc) is 3.01. The Labute approximate surface area is 136 Å². The Hall–Kier alpha value is -2.34. The monoisotopic (exact) mass is 317 g/mol. The predicted octanol–water partition coefficient (Wildman–Crippen LogP) is 2.49. The summed E-state index contributed by atoms with van der Waals surface area (Å²) < 4.78 is 10.9. The van der Waals surface area contributed by atoms with Crippen molar-refractivity contribution in [3.8, 4) is 5.88 Å². The summed E-state index contributed by atoms with van der Waals surface area (Å²) in [6, 6.07) is 7.12. The van der Waals surface area contributed by atoms with Crippen molar-refractivity contribution in [2.24, 2.45) is 0 Å². The molecule has 0 aliphatic carbocycles. The number of amides is 1. The summed E-state index contributed by atoms with van der Waals surface area (Å²) in [5.74, 6) is 1.15. The fourth-order valence-corrected chi connectivity index (χ4v) is 2.14. The summed E-state index contributed by atoms with van der Waals surface area (Å²) in [5.41, 5.74) is 0.498. The molecule has 1 N–H and O–H groups in total. The first kappa shape index (κ1) is 17.0. The molecule has 2 aromatic rings. The zero-order valence-corrected chi connectivity index (χ0v) is 13.9. The molecule has 0 aliphatic heterocycles. The van der Waals surface area contributed by atoms with Crippen molar-refractivity contribution in [1.82, 2.24) is 15.2 Å². The van der Waals surface area contributed by atoms with E-state index >= 15 is 0 Å². The van der Waals surface area contributed by atoms with Crippen molar-refractivity contribution < 1.29 is 13.9 Å². The molecule has 0 saturated heterocycles. The summed E-state index contributed by atoms with van der Waals surface area (Å²) in [4.78, 5) is 18.4. The lowest BCUT2D eigenvalue weighted by molar-refractivity contribution is 0.0938. The van der Waals surface area contributed by atoms with Crippen LogP contribution >= 0.6 is 0 Å². The molecule has 0 fully saturated rings. The molecule has 0 aliphatic rings. The Morgan fingerprint density at radius 2 is 2.13 bits per heavy atom. The van der Waals surface area contributed by atoms with Gasteiger partial charge in [-0.25, -0.2) is 4.98 Å². The minimum absolute atomic E-state index is 0.0227. The highest BCUT2D eigenvalue weighted by Gasteiger charge is 2.18. The lowest BCUT2D eigenvalue weighted by Gasteiger charge is -2.22. The van der Waals surface area contributed by atoms with Crippen molar-refractivity contribution in [3.05, 3.63) is 48.0 Å². The lowest BCUT2D eigenvalue weighted by atomic mass is 10.2. The highest BCUT2D eigenvalue weighted by Crippen LogP contribution is 2.17. The van der Waals surface area contributed by atoms with E-state index < -0.39 is 0 Å². The largest absolute Gasteiger partial charge is 0.475 e. The van der Waals surface area contributed by atoms with E-state index in [0.29, 0.717) is 18.0 Å². The number of furan rings is 1. The summed E-state index contributed by atoms with van der Waals surface area (Å²) in [5, 5.41) is 2.91. The number of nitrogens with zero attached hydrogens (tertiary/aromatic N) is 2. The third-order valence-corrected chi connectivity index (χ3v) is 3.31. The van der Waals surface area contributed by atoms with Gasteiger partial charge in [0.1, 0.15) is 5.76 Å². The Kier molecular flexibility index (Phi) is 5.76. The predicted molar refractivity (Wildman–Crippen MR) is 87.5 cm³/mol. The van der Waals surface area contributed by atoms with Crippen LogP contribution in [0.1, 0.15) is 36.0 Å². The van der Waals surface area contributed by atoms with Crippen LogP contribution in [0.2, 0.25) is 0 Å². The summed E-state index contributed by atoms with van der Waals surface area (Å²) >= 11 is 0. The summed E-state index contributed by atoms with van der Waals surface area (Å²) in [6.45, 7) is 4.31. The molecule has 6 heteroatoms. The molecule has 1 amide bonds. The number of ether oxygens (including phenoxy) is 1. The molecule has 23 heavy (non-hydrogen) atoms. The molecule has 0 aromatic carbocycles. The van der Waals surface area contributed by atoms with Crippen LogP contribution in [0.5, 0.6) is 5.88 Å². The Morgan fingerprint density at radius 3 is 2.65 bits per heavy atom. The summed E-state index contributed by atoms with van der Waals surface area (Å²) in [7, 11) is 3.89. The van der Waals surface area contributed by atoms with Crippen LogP contribution < -0.4 is 10.1 Å². The van der Waals surface area contributed by atoms with Gasteiger partial charge >= 0.3 is 0 Å². The smallest absolute Gasteiger partial charge is 0.252 e. The number of pyridine rings is 1. The number of rotatable bonds is 7. The molecule has 0 radical (unpaired) electrons. The van der Waals surface area contributed by atoms with E-state index in [-0.39, 0.29) is 18.1 Å². The molecule has 2 aromatic heterocycles. The van der Waals surface area contributed by atoms with Gasteiger partial charge in [-0.05, 0) is 46.1 Å². The Morgan fingerprint density at radius 1 is 1.35 bits per heavy atom. The SMILES string of the molecule is CC(C)Oc1ccc(C(=O)NC[C@@H](c2ccco2)N(C)C)cn1. The van der Waals surface area contributed by atoms with Crippen LogP contribution in [-0.4, -0.2) is 42.5 Å². The maximum Gasteiger partial charge on any atom is 0.252 e. The van der Waals surface area contributed by atoms with Gasteiger partial charge in [0.2, 0.25) is 5.88 Å². The number of hydrogen-bond donors (Lipinski definition) is 1. The van der Waals surface area contributed by atoms with Gasteiger partial charge in [-0.15, -0.1) is 0 Å². The average molecular weight is 317 g/mol. The number of carbonyl (C=O) groups excluding carboxylic acids is 1. The first-order valence-electron chi connectivity index (χ1n) is 7.58. The van der Waals surface area contributed by atoms with Crippen molar-refractivity contribution in [3.63, 3.8) is 0 Å². The molecule has 0 saturated carbocycles. The van der Waals surface area contributed by atoms with Gasteiger partial charge in [0, 0.05) is 18.8 Å². The van der Waals surface area contributed by atoms with Crippen LogP contribution in [0.15, 0.2) is 41.1 Å². The third-order valence-electron chi connectivity index (χ3n) is 3.31. The zero-order valence-electron chi connectivity index (χ0n) is 13.9. The maximum atomic E-state index is 12.2. The summed E-state index contributed by atoms with van der Waals surface area (Å²) in [6.07, 6.45) is 3.20. The van der Waals surface area contributed by atoms with Crippen LogP contribution in [0.4, 0.5) is 0 Å². The Balaban J connectivity index is 1.95.